The molecule has 0 N–H and O–H groups in total. The standard InChI is InChI=1S/C66H118N2OS4.2BrH/c1-47(2)17-15-19-49(5)57-25-27-59-55-23-21-51-45-53(29-33-63(51,7)61(55)31-35-65(57,59)9)72-70-43-39-67(11,12)37-41-69-42-38-68(13,14)40-44-71-73-54-30-34-64(8)52(46-54)22-24-56-60-28-26-58(50(6)20-16-18-48(3)4)66(60,10)36-32-62(56)64;;/h21-22,47-50,53-62H,15-20,23-46H2,1-14H3;2*1H/q+2;;/p-2/t49-,50-,53+,54+,55+,56+,57-,58-,59+,60+,61+,62+,63+,64+,65-,66-;;/m1../s1. The van der Waals surface area contributed by atoms with Gasteiger partial charge in [-0.1, -0.05) is 174 Å². The van der Waals surface area contributed by atoms with Gasteiger partial charge >= 0.3 is 0 Å². The van der Waals surface area contributed by atoms with Crippen molar-refractivity contribution in [1.29, 1.82) is 0 Å². The van der Waals surface area contributed by atoms with Crippen molar-refractivity contribution in [3.63, 3.8) is 0 Å². The summed E-state index contributed by atoms with van der Waals surface area (Å²) in [5.41, 5.74) is 5.87. The van der Waals surface area contributed by atoms with E-state index in [-0.39, 0.29) is 34.0 Å². The second-order valence-electron chi connectivity index (χ2n) is 30.5. The van der Waals surface area contributed by atoms with E-state index in [0.717, 1.165) is 117 Å². The maximum Gasteiger partial charge on any atom is 0.102 e. The summed E-state index contributed by atoms with van der Waals surface area (Å²) in [6.45, 7) is 32.3. The van der Waals surface area contributed by atoms with E-state index in [9.17, 15) is 0 Å². The van der Waals surface area contributed by atoms with Gasteiger partial charge < -0.3 is 47.7 Å². The Morgan fingerprint density at radius 1 is 0.507 bits per heavy atom. The summed E-state index contributed by atoms with van der Waals surface area (Å²) in [6.07, 6.45) is 37.5. The number of quaternary nitrogens is 2. The van der Waals surface area contributed by atoms with Crippen molar-refractivity contribution < 1.29 is 47.7 Å². The van der Waals surface area contributed by atoms with Crippen LogP contribution in [0.3, 0.4) is 0 Å². The molecule has 436 valence electrons. The van der Waals surface area contributed by atoms with Gasteiger partial charge in [-0.2, -0.15) is 0 Å². The summed E-state index contributed by atoms with van der Waals surface area (Å²) in [7, 11) is 18.5. The lowest BCUT2D eigenvalue weighted by molar-refractivity contribution is -0.891. The van der Waals surface area contributed by atoms with Crippen LogP contribution in [-0.4, -0.2) is 98.6 Å². The van der Waals surface area contributed by atoms with Gasteiger partial charge in [0, 0.05) is 10.5 Å². The molecule has 0 unspecified atom stereocenters. The predicted octanol–water partition coefficient (Wildman–Crippen LogP) is 12.7. The Bertz CT molecular complexity index is 1710. The first-order valence-electron chi connectivity index (χ1n) is 31.8. The van der Waals surface area contributed by atoms with Crippen molar-refractivity contribution in [1.82, 2.24) is 0 Å². The summed E-state index contributed by atoms with van der Waals surface area (Å²) < 4.78 is 8.49. The summed E-state index contributed by atoms with van der Waals surface area (Å²) in [4.78, 5) is 0. The second kappa shape index (κ2) is 28.1. The number of fused-ring (bicyclic) bond motifs is 10. The predicted molar refractivity (Wildman–Crippen MR) is 328 cm³/mol. The van der Waals surface area contributed by atoms with E-state index in [0.29, 0.717) is 21.7 Å². The van der Waals surface area contributed by atoms with Crippen LogP contribution >= 0.6 is 43.2 Å². The fourth-order valence-corrected chi connectivity index (χ4v) is 25.1. The van der Waals surface area contributed by atoms with Gasteiger partial charge in [0.1, 0.15) is 13.1 Å². The number of hydrogen-bond donors (Lipinski definition) is 0. The molecule has 8 rings (SSSR count). The molecule has 75 heavy (non-hydrogen) atoms. The molecule has 0 aromatic heterocycles. The zero-order valence-corrected chi connectivity index (χ0v) is 57.6. The highest BCUT2D eigenvalue weighted by atomic mass is 79.9. The van der Waals surface area contributed by atoms with Crippen LogP contribution in [0.25, 0.3) is 0 Å². The molecule has 3 nitrogen and oxygen atoms in total. The van der Waals surface area contributed by atoms with Crippen LogP contribution < -0.4 is 34.0 Å². The van der Waals surface area contributed by atoms with Crippen molar-refractivity contribution >= 4 is 43.2 Å². The van der Waals surface area contributed by atoms with E-state index in [1.165, 1.54) is 166 Å². The zero-order valence-electron chi connectivity index (χ0n) is 51.1. The van der Waals surface area contributed by atoms with Gasteiger partial charge in [0.05, 0.1) is 66.0 Å². The zero-order chi connectivity index (χ0) is 52.4. The van der Waals surface area contributed by atoms with Crippen molar-refractivity contribution in [2.24, 2.45) is 92.7 Å². The minimum Gasteiger partial charge on any atom is -1.00 e. The van der Waals surface area contributed by atoms with Gasteiger partial charge in [-0.15, -0.1) is 0 Å². The molecule has 6 saturated carbocycles. The Balaban J connectivity index is 0.00000457. The third-order valence-electron chi connectivity index (χ3n) is 24.2. The quantitative estimate of drug-likeness (QED) is 0.0368. The average Bonchev–Trinajstić information content (AvgIpc) is 3.88. The van der Waals surface area contributed by atoms with Crippen LogP contribution in [-0.2, 0) is 4.74 Å². The Hall–Kier alpha value is 1.72. The third kappa shape index (κ3) is 15.4. The summed E-state index contributed by atoms with van der Waals surface area (Å²) in [5, 5.41) is 1.60. The topological polar surface area (TPSA) is 9.23 Å². The van der Waals surface area contributed by atoms with Crippen LogP contribution in [0.15, 0.2) is 23.3 Å². The Labute approximate surface area is 502 Å². The number of likely N-dealkylation sites (N-methyl/N-ethyl adjacent to an activating group) is 2. The highest BCUT2D eigenvalue weighted by Crippen LogP contribution is 2.70. The number of halogens is 2. The molecule has 0 bridgehead atoms. The smallest absolute Gasteiger partial charge is 0.102 e. The van der Waals surface area contributed by atoms with Gasteiger partial charge in [-0.25, -0.2) is 0 Å². The van der Waals surface area contributed by atoms with Gasteiger partial charge in [-0.3, -0.25) is 0 Å². The van der Waals surface area contributed by atoms with Crippen LogP contribution in [0, 0.1) is 92.7 Å². The molecule has 0 amide bonds. The van der Waals surface area contributed by atoms with Gasteiger partial charge in [0.15, 0.2) is 0 Å². The Morgan fingerprint density at radius 3 is 1.29 bits per heavy atom. The van der Waals surface area contributed by atoms with Crippen molar-refractivity contribution in [2.75, 3.05) is 79.1 Å². The number of allylic oxidation sites excluding steroid dienone is 4. The minimum atomic E-state index is 0. The molecule has 9 heteroatoms. The van der Waals surface area contributed by atoms with E-state index in [4.69, 9.17) is 4.74 Å². The van der Waals surface area contributed by atoms with Crippen LogP contribution in [0.5, 0.6) is 0 Å². The first-order chi connectivity index (χ1) is 34.6. The molecular weight excluding hydrogens is 1120 g/mol. The van der Waals surface area contributed by atoms with Crippen molar-refractivity contribution in [3.05, 3.63) is 23.3 Å². The molecule has 0 saturated heterocycles. The molecule has 0 aliphatic heterocycles. The Morgan fingerprint density at radius 2 is 0.907 bits per heavy atom. The number of rotatable bonds is 26. The second-order valence-corrected chi connectivity index (χ2v) is 36.1. The van der Waals surface area contributed by atoms with Crippen LogP contribution in [0.1, 0.15) is 210 Å². The number of nitrogens with zero attached hydrogens (tertiary/aromatic N) is 2. The van der Waals surface area contributed by atoms with E-state index in [1.54, 1.807) is 0 Å². The monoisotopic (exact) mass is 1240 g/mol. The number of ether oxygens (including phenoxy) is 1. The molecule has 8 aliphatic carbocycles. The number of hydrogen-bond acceptors (Lipinski definition) is 5. The van der Waals surface area contributed by atoms with Gasteiger partial charge in [-0.05, 0) is 195 Å². The van der Waals surface area contributed by atoms with E-state index in [2.05, 4.69) is 153 Å². The first kappa shape index (κ1) is 65.9. The minimum absolute atomic E-state index is 0. The lowest BCUT2D eigenvalue weighted by Gasteiger charge is -2.58. The fraction of sp³-hybridized carbons (Fsp3) is 0.939. The lowest BCUT2D eigenvalue weighted by Crippen LogP contribution is -3.00. The highest BCUT2D eigenvalue weighted by Gasteiger charge is 2.61. The maximum atomic E-state index is 6.37. The van der Waals surface area contributed by atoms with Crippen LogP contribution in [0.4, 0.5) is 0 Å². The highest BCUT2D eigenvalue weighted by molar-refractivity contribution is 8.77. The molecule has 0 spiro atoms. The van der Waals surface area contributed by atoms with Crippen molar-refractivity contribution in [3.8, 4) is 0 Å². The van der Waals surface area contributed by atoms with E-state index >= 15 is 0 Å². The fourth-order valence-electron chi connectivity index (χ4n) is 19.3. The molecule has 0 aromatic carbocycles. The normalized spacial score (nSPS) is 38.2. The van der Waals surface area contributed by atoms with E-state index in [1.807, 2.05) is 11.1 Å². The summed E-state index contributed by atoms with van der Waals surface area (Å²) in [6, 6.07) is 0. The summed E-state index contributed by atoms with van der Waals surface area (Å²) in [5.74, 6) is 13.6. The van der Waals surface area contributed by atoms with E-state index < -0.39 is 0 Å². The summed E-state index contributed by atoms with van der Waals surface area (Å²) >= 11 is 0. The SMILES string of the molecule is CC(C)CCC[C@@H](C)[C@H]1CC[C@H]2[C@@H]3CC=C4C[C@@H](SSCC[N+](C)(C)CCOCC[N+](C)(C)CCSS[C@H]5CC[C@@]6(C)C(=CC[C@H]7[C@@H]8CC[C@H]([C@H](C)CCCC(C)C)[C@@]8(C)CC[C@@H]76)C5)CC[C@]4(C)[C@H]3CC[C@]12C.[Br-].[Br-]. The average molecular weight is 1240 g/mol. The van der Waals surface area contributed by atoms with Gasteiger partial charge in [0.25, 0.3) is 0 Å². The third-order valence-corrected chi connectivity index (χ3v) is 29.9. The lowest BCUT2D eigenvalue weighted by atomic mass is 9.47. The molecule has 0 radical (unpaired) electrons. The molecular formula is C66H118Br2N2OS4. The molecule has 0 heterocycles. The molecule has 16 atom stereocenters. The largest absolute Gasteiger partial charge is 1.00 e. The van der Waals surface area contributed by atoms with Crippen molar-refractivity contribution in [2.45, 2.75) is 221 Å². The molecule has 8 aliphatic rings. The first-order valence-corrected chi connectivity index (χ1v) is 36.5. The molecule has 0 aromatic rings. The van der Waals surface area contributed by atoms with Gasteiger partial charge in [0.2, 0.25) is 0 Å². The maximum absolute atomic E-state index is 6.37. The Kier molecular flexibility index (Phi) is 24.7. The molecule has 6 fully saturated rings. The van der Waals surface area contributed by atoms with Crippen LogP contribution in [0.2, 0.25) is 0 Å².